The zero-order valence-corrected chi connectivity index (χ0v) is 12.7. The molecule has 0 spiro atoms. The van der Waals surface area contributed by atoms with Crippen LogP contribution in [0.15, 0.2) is 4.52 Å². The normalized spacial score (nSPS) is 23.9. The van der Waals surface area contributed by atoms with E-state index in [1.165, 1.54) is 0 Å². The molecule has 0 radical (unpaired) electrons. The van der Waals surface area contributed by atoms with Crippen LogP contribution >= 0.6 is 0 Å². The van der Waals surface area contributed by atoms with Gasteiger partial charge in [0.2, 0.25) is 5.89 Å². The average molecular weight is 309 g/mol. The van der Waals surface area contributed by atoms with Gasteiger partial charge in [0.1, 0.15) is 0 Å². The van der Waals surface area contributed by atoms with Gasteiger partial charge in [0, 0.05) is 19.6 Å². The van der Waals surface area contributed by atoms with Crippen molar-refractivity contribution in [3.05, 3.63) is 11.7 Å². The molecule has 1 amide bonds. The smallest absolute Gasteiger partial charge is 0.290 e. The summed E-state index contributed by atoms with van der Waals surface area (Å²) in [5.41, 5.74) is 5.17. The highest BCUT2D eigenvalue weighted by atomic mass is 16.5. The highest BCUT2D eigenvalue weighted by molar-refractivity contribution is 5.88. The molecule has 1 aromatic rings. The van der Waals surface area contributed by atoms with Crippen molar-refractivity contribution >= 4 is 5.91 Å². The molecule has 2 saturated heterocycles. The molecule has 8 heteroatoms. The SMILES string of the molecule is NC(=O)c1noc(C2CCCN2CCCN2CCOCC2)n1. The van der Waals surface area contributed by atoms with E-state index in [1.807, 2.05) is 0 Å². The molecule has 2 aliphatic rings. The number of ether oxygens (including phenoxy) is 1. The Hall–Kier alpha value is -1.51. The third-order valence-electron chi connectivity index (χ3n) is 4.33. The number of hydrogen-bond donors (Lipinski definition) is 1. The lowest BCUT2D eigenvalue weighted by Crippen LogP contribution is -2.38. The lowest BCUT2D eigenvalue weighted by Gasteiger charge is -2.28. The number of nitrogens with zero attached hydrogens (tertiary/aromatic N) is 4. The molecule has 2 aliphatic heterocycles. The topological polar surface area (TPSA) is 97.7 Å². The summed E-state index contributed by atoms with van der Waals surface area (Å²) < 4.78 is 10.6. The van der Waals surface area contributed by atoms with Crippen LogP contribution in [0, 0.1) is 0 Å². The van der Waals surface area contributed by atoms with E-state index in [-0.39, 0.29) is 11.9 Å². The van der Waals surface area contributed by atoms with Crippen molar-refractivity contribution in [2.24, 2.45) is 5.73 Å². The van der Waals surface area contributed by atoms with Crippen LogP contribution in [-0.2, 0) is 4.74 Å². The Bertz CT molecular complexity index is 500. The van der Waals surface area contributed by atoms with Crippen LogP contribution in [-0.4, -0.2) is 71.8 Å². The number of carbonyl (C=O) groups is 1. The van der Waals surface area contributed by atoms with Crippen LogP contribution in [0.1, 0.15) is 41.8 Å². The van der Waals surface area contributed by atoms with Gasteiger partial charge in [-0.3, -0.25) is 14.6 Å². The van der Waals surface area contributed by atoms with Gasteiger partial charge in [0.25, 0.3) is 11.7 Å². The van der Waals surface area contributed by atoms with Gasteiger partial charge < -0.3 is 15.0 Å². The van der Waals surface area contributed by atoms with E-state index in [9.17, 15) is 4.79 Å². The molecule has 0 bridgehead atoms. The third-order valence-corrected chi connectivity index (χ3v) is 4.33. The Morgan fingerprint density at radius 1 is 1.27 bits per heavy atom. The maximum absolute atomic E-state index is 11.1. The molecular formula is C14H23N5O3. The Kier molecular flexibility index (Phi) is 5.01. The van der Waals surface area contributed by atoms with Crippen LogP contribution in [0.4, 0.5) is 0 Å². The van der Waals surface area contributed by atoms with Gasteiger partial charge in [0.05, 0.1) is 19.3 Å². The minimum absolute atomic E-state index is 0.0323. The van der Waals surface area contributed by atoms with Gasteiger partial charge >= 0.3 is 0 Å². The van der Waals surface area contributed by atoms with Gasteiger partial charge in [-0.2, -0.15) is 4.98 Å². The predicted octanol–water partition coefficient (Wildman–Crippen LogP) is 0.0277. The minimum atomic E-state index is -0.646. The van der Waals surface area contributed by atoms with Crippen molar-refractivity contribution in [1.29, 1.82) is 0 Å². The zero-order valence-electron chi connectivity index (χ0n) is 12.7. The van der Waals surface area contributed by atoms with E-state index >= 15 is 0 Å². The van der Waals surface area contributed by atoms with Crippen molar-refractivity contribution in [1.82, 2.24) is 19.9 Å². The van der Waals surface area contributed by atoms with Crippen LogP contribution in [0.25, 0.3) is 0 Å². The van der Waals surface area contributed by atoms with E-state index in [4.69, 9.17) is 15.0 Å². The number of aromatic nitrogens is 2. The second kappa shape index (κ2) is 7.17. The molecule has 0 saturated carbocycles. The molecule has 2 fully saturated rings. The molecule has 122 valence electrons. The van der Waals surface area contributed by atoms with Crippen LogP contribution in [0.3, 0.4) is 0 Å². The van der Waals surface area contributed by atoms with Crippen LogP contribution in [0.2, 0.25) is 0 Å². The fourth-order valence-electron chi connectivity index (χ4n) is 3.17. The molecule has 1 atom stereocenters. The maximum Gasteiger partial charge on any atom is 0.290 e. The quantitative estimate of drug-likeness (QED) is 0.791. The van der Waals surface area contributed by atoms with Crippen molar-refractivity contribution in [3.63, 3.8) is 0 Å². The first kappa shape index (κ1) is 15.4. The fourth-order valence-corrected chi connectivity index (χ4v) is 3.17. The number of primary amides is 1. The first-order chi connectivity index (χ1) is 10.7. The molecule has 0 aromatic carbocycles. The summed E-state index contributed by atoms with van der Waals surface area (Å²) in [7, 11) is 0. The highest BCUT2D eigenvalue weighted by Gasteiger charge is 2.30. The summed E-state index contributed by atoms with van der Waals surface area (Å²) in [6, 6.07) is 0.116. The van der Waals surface area contributed by atoms with Gasteiger partial charge in [-0.1, -0.05) is 5.16 Å². The molecule has 2 N–H and O–H groups in total. The summed E-state index contributed by atoms with van der Waals surface area (Å²) in [5, 5.41) is 3.64. The second-order valence-corrected chi connectivity index (χ2v) is 5.82. The maximum atomic E-state index is 11.1. The molecule has 1 unspecified atom stereocenters. The van der Waals surface area contributed by atoms with E-state index in [2.05, 4.69) is 19.9 Å². The van der Waals surface area contributed by atoms with E-state index < -0.39 is 5.91 Å². The van der Waals surface area contributed by atoms with Crippen molar-refractivity contribution in [3.8, 4) is 0 Å². The van der Waals surface area contributed by atoms with Gasteiger partial charge in [-0.15, -0.1) is 0 Å². The van der Waals surface area contributed by atoms with E-state index in [0.29, 0.717) is 5.89 Å². The van der Waals surface area contributed by atoms with E-state index in [0.717, 1.165) is 65.2 Å². The number of carbonyl (C=O) groups excluding carboxylic acids is 1. The largest absolute Gasteiger partial charge is 0.379 e. The van der Waals surface area contributed by atoms with Crippen LogP contribution < -0.4 is 5.73 Å². The second-order valence-electron chi connectivity index (χ2n) is 5.82. The Balaban J connectivity index is 1.50. The molecule has 0 aliphatic carbocycles. The van der Waals surface area contributed by atoms with Gasteiger partial charge in [-0.05, 0) is 32.4 Å². The molecule has 22 heavy (non-hydrogen) atoms. The summed E-state index contributed by atoms with van der Waals surface area (Å²) >= 11 is 0. The van der Waals surface area contributed by atoms with Gasteiger partial charge in [-0.25, -0.2) is 0 Å². The molecule has 1 aromatic heterocycles. The van der Waals surface area contributed by atoms with Crippen molar-refractivity contribution < 1.29 is 14.1 Å². The summed E-state index contributed by atoms with van der Waals surface area (Å²) in [6.45, 7) is 6.83. The summed E-state index contributed by atoms with van der Waals surface area (Å²) in [5.74, 6) is -0.167. The summed E-state index contributed by atoms with van der Waals surface area (Å²) in [6.07, 6.45) is 3.20. The number of amides is 1. The van der Waals surface area contributed by atoms with Crippen molar-refractivity contribution in [2.75, 3.05) is 45.9 Å². The third kappa shape index (κ3) is 3.63. The Morgan fingerprint density at radius 2 is 2.09 bits per heavy atom. The standard InChI is InChI=1S/C14H23N5O3/c15-12(20)13-16-14(22-17-13)11-3-1-5-19(11)6-2-4-18-7-9-21-10-8-18/h11H,1-10H2,(H2,15,20). The van der Waals surface area contributed by atoms with Gasteiger partial charge in [0.15, 0.2) is 0 Å². The monoisotopic (exact) mass is 309 g/mol. The number of likely N-dealkylation sites (tertiary alicyclic amines) is 1. The number of rotatable bonds is 6. The van der Waals surface area contributed by atoms with Crippen LogP contribution in [0.5, 0.6) is 0 Å². The molecular weight excluding hydrogens is 286 g/mol. The highest BCUT2D eigenvalue weighted by Crippen LogP contribution is 2.30. The first-order valence-corrected chi connectivity index (χ1v) is 7.91. The number of hydrogen-bond acceptors (Lipinski definition) is 7. The predicted molar refractivity (Wildman–Crippen MR) is 78.2 cm³/mol. The minimum Gasteiger partial charge on any atom is -0.379 e. The first-order valence-electron chi connectivity index (χ1n) is 7.91. The molecule has 3 rings (SSSR count). The molecule has 8 nitrogen and oxygen atoms in total. The lowest BCUT2D eigenvalue weighted by molar-refractivity contribution is 0.0357. The Labute approximate surface area is 129 Å². The van der Waals surface area contributed by atoms with E-state index in [1.54, 1.807) is 0 Å². The zero-order chi connectivity index (χ0) is 15.4. The van der Waals surface area contributed by atoms with Crippen molar-refractivity contribution in [2.45, 2.75) is 25.3 Å². The lowest BCUT2D eigenvalue weighted by atomic mass is 10.2. The fraction of sp³-hybridized carbons (Fsp3) is 0.786. The number of nitrogens with two attached hydrogens (primary N) is 1. The average Bonchev–Trinajstić information content (AvgIpc) is 3.16. The Morgan fingerprint density at radius 3 is 2.82 bits per heavy atom. The summed E-state index contributed by atoms with van der Waals surface area (Å²) in [4.78, 5) is 20.0. The molecule has 3 heterocycles. The number of morpholine rings is 1.